The molecular weight excluding hydrogens is 669 g/mol. The van der Waals surface area contributed by atoms with Crippen molar-refractivity contribution in [2.24, 2.45) is 0 Å². The second-order valence-electron chi connectivity index (χ2n) is 11.9. The van der Waals surface area contributed by atoms with Crippen LogP contribution in [0.3, 0.4) is 0 Å². The van der Waals surface area contributed by atoms with Crippen LogP contribution in [0.15, 0.2) is 121 Å². The summed E-state index contributed by atoms with van der Waals surface area (Å²) in [5, 5.41) is 0. The van der Waals surface area contributed by atoms with Crippen molar-refractivity contribution in [2.45, 2.75) is 71.3 Å². The minimum absolute atomic E-state index is 0.00531. The minimum Gasteiger partial charge on any atom is -0.566 e. The number of benzene rings is 4. The van der Waals surface area contributed by atoms with Crippen molar-refractivity contribution in [1.82, 2.24) is 0 Å². The Hall–Kier alpha value is -3.83. The largest absolute Gasteiger partial charge is 0.566 e. The molecule has 1 saturated heterocycles. The van der Waals surface area contributed by atoms with E-state index in [1.807, 2.05) is 91.0 Å². The Morgan fingerprint density at radius 1 is 0.667 bits per heavy atom. The lowest BCUT2D eigenvalue weighted by molar-refractivity contribution is -0.894. The number of carbonyl (C=O) groups excluding carboxylic acids is 1. The molecule has 1 aliphatic rings. The summed E-state index contributed by atoms with van der Waals surface area (Å²) in [4.78, 5) is 26.9. The maximum Gasteiger partial charge on any atom is 0.491 e. The van der Waals surface area contributed by atoms with Crippen molar-refractivity contribution < 1.29 is 47.4 Å². The number of carbonyl (C=O) groups is 1. The van der Waals surface area contributed by atoms with E-state index in [9.17, 15) is 14.3 Å². The quantitative estimate of drug-likeness (QED) is 0.115. The van der Waals surface area contributed by atoms with Crippen LogP contribution in [0.5, 0.6) is 0 Å². The number of hydrogen-bond acceptors (Lipinski definition) is 9. The van der Waals surface area contributed by atoms with Gasteiger partial charge in [-0.15, -0.1) is 4.52 Å². The van der Waals surface area contributed by atoms with Gasteiger partial charge < -0.3 is 33.5 Å². The Kier molecular flexibility index (Phi) is 17.4. The first-order valence-electron chi connectivity index (χ1n) is 17.4. The van der Waals surface area contributed by atoms with Gasteiger partial charge in [0.1, 0.15) is 12.2 Å². The zero-order valence-electron chi connectivity index (χ0n) is 29.5. The molecule has 1 fully saturated rings. The van der Waals surface area contributed by atoms with E-state index in [1.54, 1.807) is 35.2 Å². The summed E-state index contributed by atoms with van der Waals surface area (Å²) in [6.07, 6.45) is -5.53. The van der Waals surface area contributed by atoms with Crippen LogP contribution in [0, 0.1) is 0 Å². The molecule has 0 radical (unpaired) electrons. The highest BCUT2D eigenvalue weighted by Gasteiger charge is 2.52. The predicted molar refractivity (Wildman–Crippen MR) is 192 cm³/mol. The highest BCUT2D eigenvalue weighted by Crippen LogP contribution is 2.34. The van der Waals surface area contributed by atoms with Gasteiger partial charge >= 0.3 is 14.2 Å². The van der Waals surface area contributed by atoms with E-state index in [2.05, 4.69) is 20.8 Å². The van der Waals surface area contributed by atoms with Crippen molar-refractivity contribution in [3.05, 3.63) is 144 Å². The summed E-state index contributed by atoms with van der Waals surface area (Å²) in [7, 11) is -3.35. The predicted octanol–water partition coefficient (Wildman–Crippen LogP) is 5.29. The zero-order valence-corrected chi connectivity index (χ0v) is 30.4. The molecule has 1 aliphatic heterocycles. The van der Waals surface area contributed by atoms with Gasteiger partial charge in [0.2, 0.25) is 6.29 Å². The van der Waals surface area contributed by atoms with Gasteiger partial charge in [-0.25, -0.2) is 4.79 Å². The Morgan fingerprint density at radius 3 is 1.57 bits per heavy atom. The first kappa shape index (κ1) is 39.9. The van der Waals surface area contributed by atoms with Gasteiger partial charge in [-0.3, -0.25) is 0 Å². The second kappa shape index (κ2) is 22.2. The van der Waals surface area contributed by atoms with Crippen LogP contribution in [0.1, 0.15) is 47.8 Å². The summed E-state index contributed by atoms with van der Waals surface area (Å²) < 4.78 is 48.0. The van der Waals surface area contributed by atoms with Gasteiger partial charge in [0, 0.05) is 0 Å². The van der Waals surface area contributed by atoms with E-state index in [1.165, 1.54) is 19.6 Å². The summed E-state index contributed by atoms with van der Waals surface area (Å²) in [6.45, 7) is 11.0. The molecule has 0 aliphatic carbocycles. The lowest BCUT2D eigenvalue weighted by atomic mass is 9.98. The molecule has 0 spiro atoms. The smallest absolute Gasteiger partial charge is 0.491 e. The van der Waals surface area contributed by atoms with Crippen molar-refractivity contribution in [1.29, 1.82) is 0 Å². The first-order chi connectivity index (χ1) is 24.9. The second-order valence-corrected chi connectivity index (χ2v) is 12.6. The van der Waals surface area contributed by atoms with Crippen LogP contribution < -0.4 is 9.79 Å². The van der Waals surface area contributed by atoms with Crippen molar-refractivity contribution >= 4 is 14.2 Å². The lowest BCUT2D eigenvalue weighted by Gasteiger charge is -2.43. The highest BCUT2D eigenvalue weighted by molar-refractivity contribution is 7.30. The maximum absolute atomic E-state index is 13.4. The van der Waals surface area contributed by atoms with Crippen LogP contribution in [0.2, 0.25) is 0 Å². The van der Waals surface area contributed by atoms with Crippen LogP contribution in [0.25, 0.3) is 0 Å². The van der Waals surface area contributed by atoms with Gasteiger partial charge in [0.25, 0.3) is 0 Å². The molecule has 1 heterocycles. The number of nitrogens with one attached hydrogen (secondary N) is 1. The standard InChI is InChI=1S/C34H33O9P.C6H15N/c35-33(28-19-11-4-12-20-28)42-31-30(39-22-26-15-7-2-8-16-26)29(24-38-21-25-13-5-1-6-14-25)41-34(43-44(36)37)32(31)40-23-27-17-9-3-10-18-27;1-4-7(5-2)6-3/h1-20,29-32,34H,21-24H2;4-6H2,1-3H3/p+1/t29-,30-,31+,32-,34?;/m1./s1. The fourth-order valence-electron chi connectivity index (χ4n) is 5.61. The Bertz CT molecular complexity index is 1540. The third-order valence-corrected chi connectivity index (χ3v) is 8.88. The van der Waals surface area contributed by atoms with Gasteiger partial charge in [0.05, 0.1) is 51.6 Å². The molecule has 2 unspecified atom stereocenters. The minimum atomic E-state index is -3.35. The fraction of sp³-hybridized carbons (Fsp3) is 0.375. The summed E-state index contributed by atoms with van der Waals surface area (Å²) >= 11 is 0. The Labute approximate surface area is 302 Å². The van der Waals surface area contributed by atoms with E-state index < -0.39 is 44.9 Å². The average molecular weight is 719 g/mol. The molecule has 272 valence electrons. The molecule has 4 aromatic carbocycles. The summed E-state index contributed by atoms with van der Waals surface area (Å²) in [5.41, 5.74) is 2.96. The molecule has 0 saturated carbocycles. The van der Waals surface area contributed by atoms with Crippen molar-refractivity contribution in [3.63, 3.8) is 0 Å². The molecule has 5 rings (SSSR count). The molecule has 4 aromatic rings. The molecule has 10 nitrogen and oxygen atoms in total. The Morgan fingerprint density at radius 2 is 1.12 bits per heavy atom. The molecule has 1 N–H and O–H groups in total. The van der Waals surface area contributed by atoms with Crippen molar-refractivity contribution in [2.75, 3.05) is 26.2 Å². The van der Waals surface area contributed by atoms with Crippen LogP contribution in [-0.4, -0.2) is 62.9 Å². The van der Waals surface area contributed by atoms with Gasteiger partial charge in [-0.05, 0) is 54.2 Å². The number of hydrogen-bond donors (Lipinski definition) is 1. The monoisotopic (exact) mass is 718 g/mol. The lowest BCUT2D eigenvalue weighted by Crippen LogP contribution is -3.11. The molecule has 0 amide bonds. The first-order valence-corrected chi connectivity index (χ1v) is 18.5. The molecular formula is C40H49NO9P+. The van der Waals surface area contributed by atoms with Gasteiger partial charge in [-0.1, -0.05) is 109 Å². The SMILES string of the molecule is CC[NH+](CC)CC.O=C(O[C@H]1[C@H](OCc2ccccc2)[C@@H](COCc2ccccc2)OC(O[P+](=O)[O-])[C@@H]1OCc1ccccc1)c1ccccc1. The maximum atomic E-state index is 13.4. The highest BCUT2D eigenvalue weighted by atomic mass is 31.1. The van der Waals surface area contributed by atoms with E-state index in [0.29, 0.717) is 5.56 Å². The Balaban J connectivity index is 0.000000755. The third kappa shape index (κ3) is 13.3. The summed E-state index contributed by atoms with van der Waals surface area (Å²) in [6, 6.07) is 36.9. The number of esters is 1. The molecule has 0 bridgehead atoms. The van der Waals surface area contributed by atoms with E-state index >= 15 is 0 Å². The van der Waals surface area contributed by atoms with Crippen LogP contribution in [0.4, 0.5) is 0 Å². The van der Waals surface area contributed by atoms with Crippen LogP contribution >= 0.6 is 8.25 Å². The third-order valence-electron chi connectivity index (χ3n) is 8.50. The summed E-state index contributed by atoms with van der Waals surface area (Å²) in [5.74, 6) is -0.631. The zero-order chi connectivity index (χ0) is 36.3. The number of ether oxygens (including phenoxy) is 5. The van der Waals surface area contributed by atoms with E-state index in [0.717, 1.165) is 16.7 Å². The van der Waals surface area contributed by atoms with E-state index in [4.69, 9.17) is 28.2 Å². The average Bonchev–Trinajstić information content (AvgIpc) is 3.16. The number of rotatable bonds is 17. The van der Waals surface area contributed by atoms with Gasteiger partial charge in [-0.2, -0.15) is 0 Å². The van der Waals surface area contributed by atoms with Gasteiger partial charge in [0.15, 0.2) is 12.2 Å². The molecule has 11 heteroatoms. The topological polar surface area (TPSA) is 117 Å². The molecule has 51 heavy (non-hydrogen) atoms. The van der Waals surface area contributed by atoms with Crippen LogP contribution in [-0.2, 0) is 52.6 Å². The molecule has 0 aromatic heterocycles. The fourth-order valence-corrected chi connectivity index (χ4v) is 5.95. The van der Waals surface area contributed by atoms with Crippen molar-refractivity contribution in [3.8, 4) is 0 Å². The molecule has 6 atom stereocenters. The van der Waals surface area contributed by atoms with E-state index in [-0.39, 0.29) is 26.4 Å². The normalized spacial score (nSPS) is 20.3. The number of quaternary nitrogens is 1.